The molecule has 6 nitrogen and oxygen atoms in total. The molecule has 2 aromatic carbocycles. The Morgan fingerprint density at radius 3 is 2.66 bits per heavy atom. The fraction of sp³-hybridized carbons (Fsp3) is 0.100. The molecule has 0 aliphatic carbocycles. The van der Waals surface area contributed by atoms with Crippen molar-refractivity contribution in [2.75, 3.05) is 13.7 Å². The molecule has 0 unspecified atom stereocenters. The van der Waals surface area contributed by atoms with Crippen molar-refractivity contribution in [1.82, 2.24) is 9.55 Å². The van der Waals surface area contributed by atoms with E-state index >= 15 is 0 Å². The summed E-state index contributed by atoms with van der Waals surface area (Å²) >= 11 is 7.26. The van der Waals surface area contributed by atoms with Gasteiger partial charge in [0.25, 0.3) is 0 Å². The number of thiazole rings is 1. The lowest BCUT2D eigenvalue weighted by Gasteiger charge is -2.09. The second kappa shape index (κ2) is 7.47. The van der Waals surface area contributed by atoms with E-state index in [0.29, 0.717) is 21.2 Å². The highest BCUT2D eigenvalue weighted by atomic mass is 35.5. The highest BCUT2D eigenvalue weighted by molar-refractivity contribution is 7.20. The number of benzene rings is 2. The third-order valence-corrected chi connectivity index (χ3v) is 5.56. The molecule has 0 saturated heterocycles. The maximum Gasteiger partial charge on any atom is 0.242 e. The molecular formula is C20H14ClFN2O4S. The molecule has 0 saturated carbocycles. The number of nitrogens with zero attached hydrogens (tertiary/aromatic N) is 2. The summed E-state index contributed by atoms with van der Waals surface area (Å²) in [5, 5.41) is 22.0. The molecule has 9 heteroatoms. The minimum Gasteiger partial charge on any atom is -0.503 e. The molecule has 0 radical (unpaired) electrons. The van der Waals surface area contributed by atoms with Crippen molar-refractivity contribution in [1.29, 1.82) is 0 Å². The number of carbonyl (C=O) groups excluding carboxylic acids is 1. The van der Waals surface area contributed by atoms with Gasteiger partial charge in [-0.15, -0.1) is 0 Å². The van der Waals surface area contributed by atoms with E-state index in [1.54, 1.807) is 18.2 Å². The summed E-state index contributed by atoms with van der Waals surface area (Å²) in [4.78, 5) is 17.1. The Morgan fingerprint density at radius 1 is 1.24 bits per heavy atom. The fourth-order valence-corrected chi connectivity index (χ4v) is 4.31. The van der Waals surface area contributed by atoms with Crippen LogP contribution in [0.25, 0.3) is 26.6 Å². The highest BCUT2D eigenvalue weighted by Crippen LogP contribution is 2.44. The van der Waals surface area contributed by atoms with Crippen LogP contribution in [0.1, 0.15) is 10.4 Å². The van der Waals surface area contributed by atoms with Crippen LogP contribution in [0.3, 0.4) is 0 Å². The summed E-state index contributed by atoms with van der Waals surface area (Å²) in [7, 11) is 1.35. The van der Waals surface area contributed by atoms with Crippen molar-refractivity contribution < 1.29 is 24.1 Å². The fourth-order valence-electron chi connectivity index (χ4n) is 3.06. The molecule has 0 aliphatic heterocycles. The molecular weight excluding hydrogens is 419 g/mol. The molecule has 2 N–H and O–H groups in total. The highest BCUT2D eigenvalue weighted by Gasteiger charge is 2.30. The van der Waals surface area contributed by atoms with E-state index < -0.39 is 23.2 Å². The number of hydrogen-bond acceptors (Lipinski definition) is 6. The van der Waals surface area contributed by atoms with Crippen molar-refractivity contribution in [3.8, 4) is 28.0 Å². The van der Waals surface area contributed by atoms with Gasteiger partial charge in [0.2, 0.25) is 5.88 Å². The molecule has 0 aliphatic rings. The molecule has 2 aromatic heterocycles. The molecule has 4 aromatic rings. The quantitative estimate of drug-likeness (QED) is 0.443. The van der Waals surface area contributed by atoms with Gasteiger partial charge >= 0.3 is 0 Å². The van der Waals surface area contributed by atoms with Gasteiger partial charge in [0, 0.05) is 12.1 Å². The average molecular weight is 433 g/mol. The van der Waals surface area contributed by atoms with E-state index in [2.05, 4.69) is 4.98 Å². The lowest BCUT2D eigenvalue weighted by atomic mass is 10.0. The molecule has 0 bridgehead atoms. The van der Waals surface area contributed by atoms with Crippen molar-refractivity contribution in [3.05, 3.63) is 58.9 Å². The lowest BCUT2D eigenvalue weighted by Crippen LogP contribution is -2.09. The van der Waals surface area contributed by atoms with E-state index in [4.69, 9.17) is 16.3 Å². The van der Waals surface area contributed by atoms with Crippen molar-refractivity contribution in [3.63, 3.8) is 0 Å². The summed E-state index contributed by atoms with van der Waals surface area (Å²) in [6.45, 7) is -0.305. The van der Waals surface area contributed by atoms with Gasteiger partial charge in [-0.25, -0.2) is 9.37 Å². The Labute approximate surface area is 173 Å². The lowest BCUT2D eigenvalue weighted by molar-refractivity contribution is 0.0846. The number of fused-ring (bicyclic) bond motifs is 1. The number of ketones is 1. The first kappa shape index (κ1) is 19.4. The number of aromatic hydroxyl groups is 2. The van der Waals surface area contributed by atoms with E-state index in [-0.39, 0.29) is 17.9 Å². The van der Waals surface area contributed by atoms with Crippen LogP contribution in [0.4, 0.5) is 4.39 Å². The third-order valence-electron chi connectivity index (χ3n) is 4.32. The van der Waals surface area contributed by atoms with Crippen LogP contribution in [-0.2, 0) is 4.74 Å². The zero-order chi connectivity index (χ0) is 20.7. The number of aromatic nitrogens is 2. The topological polar surface area (TPSA) is 84.6 Å². The number of halogens is 2. The van der Waals surface area contributed by atoms with Crippen LogP contribution in [0.2, 0.25) is 5.02 Å². The normalized spacial score (nSPS) is 11.3. The summed E-state index contributed by atoms with van der Waals surface area (Å²) in [6.07, 6.45) is 0. The van der Waals surface area contributed by atoms with Crippen LogP contribution in [0.5, 0.6) is 11.6 Å². The molecule has 0 spiro atoms. The Hall–Kier alpha value is -2.94. The molecule has 0 amide bonds. The Balaban J connectivity index is 2.02. The van der Waals surface area contributed by atoms with E-state index in [0.717, 1.165) is 4.70 Å². The molecule has 0 atom stereocenters. The zero-order valence-electron chi connectivity index (χ0n) is 15.0. The van der Waals surface area contributed by atoms with Gasteiger partial charge < -0.3 is 14.9 Å². The number of methoxy groups -OCH3 is 1. The van der Waals surface area contributed by atoms with Gasteiger partial charge in [-0.1, -0.05) is 22.9 Å². The van der Waals surface area contributed by atoms with Crippen LogP contribution >= 0.6 is 22.9 Å². The number of carbonyl (C=O) groups is 1. The van der Waals surface area contributed by atoms with Gasteiger partial charge in [0.05, 0.1) is 21.5 Å². The second-order valence-electron chi connectivity index (χ2n) is 6.20. The van der Waals surface area contributed by atoms with Crippen molar-refractivity contribution >= 4 is 38.9 Å². The van der Waals surface area contributed by atoms with Gasteiger partial charge in [0.1, 0.15) is 12.4 Å². The molecule has 29 heavy (non-hydrogen) atoms. The molecule has 148 valence electrons. The van der Waals surface area contributed by atoms with E-state index in [9.17, 15) is 19.4 Å². The van der Waals surface area contributed by atoms with E-state index in [1.807, 2.05) is 0 Å². The summed E-state index contributed by atoms with van der Waals surface area (Å²) in [6, 6.07) is 10.5. The first-order valence-corrected chi connectivity index (χ1v) is 9.61. The van der Waals surface area contributed by atoms with Gasteiger partial charge in [-0.2, -0.15) is 0 Å². The minimum absolute atomic E-state index is 0.131. The van der Waals surface area contributed by atoms with Crippen molar-refractivity contribution in [2.24, 2.45) is 0 Å². The second-order valence-corrected chi connectivity index (χ2v) is 7.65. The number of hydrogen-bond donors (Lipinski definition) is 2. The molecule has 2 heterocycles. The van der Waals surface area contributed by atoms with Crippen LogP contribution in [0.15, 0.2) is 42.5 Å². The predicted molar refractivity (Wildman–Crippen MR) is 109 cm³/mol. The van der Waals surface area contributed by atoms with E-state index in [1.165, 1.54) is 47.3 Å². The monoisotopic (exact) mass is 432 g/mol. The largest absolute Gasteiger partial charge is 0.503 e. The Kier molecular flexibility index (Phi) is 4.99. The number of Topliss-reactive ketones (excluding diaryl/α,β-unsaturated/α-hetero) is 1. The number of ether oxygens (including phenoxy) is 1. The summed E-state index contributed by atoms with van der Waals surface area (Å²) < 4.78 is 20.4. The Morgan fingerprint density at radius 2 is 1.97 bits per heavy atom. The Bertz CT molecular complexity index is 1230. The number of rotatable bonds is 5. The maximum atomic E-state index is 13.5. The zero-order valence-corrected chi connectivity index (χ0v) is 16.6. The van der Waals surface area contributed by atoms with Crippen LogP contribution < -0.4 is 0 Å². The summed E-state index contributed by atoms with van der Waals surface area (Å²) in [5.41, 5.74) is 1.11. The van der Waals surface area contributed by atoms with Crippen molar-refractivity contribution in [2.45, 2.75) is 0 Å². The standard InChI is InChI=1S/C20H14ClFN2O4S/c1-28-9-14(25)16-17(10-2-5-12(22)6-3-10)24(19(27)18(16)26)20-23-13-7-4-11(21)8-15(13)29-20/h2-8,26-27H,9H2,1H3. The first-order chi connectivity index (χ1) is 13.9. The van der Waals surface area contributed by atoms with Gasteiger partial charge in [-0.3, -0.25) is 9.36 Å². The predicted octanol–water partition coefficient (Wildman–Crippen LogP) is 4.79. The SMILES string of the molecule is COCC(=O)c1c(O)c(O)n(-c2nc3ccc(Cl)cc3s2)c1-c1ccc(F)cc1. The molecule has 4 rings (SSSR count). The average Bonchev–Trinajstić information content (AvgIpc) is 3.21. The summed E-state index contributed by atoms with van der Waals surface area (Å²) in [5.74, 6) is -2.14. The first-order valence-electron chi connectivity index (χ1n) is 8.42. The molecule has 0 fully saturated rings. The smallest absolute Gasteiger partial charge is 0.242 e. The van der Waals surface area contributed by atoms with Crippen LogP contribution in [-0.4, -0.2) is 39.3 Å². The third kappa shape index (κ3) is 3.35. The maximum absolute atomic E-state index is 13.5. The van der Waals surface area contributed by atoms with Gasteiger partial charge in [-0.05, 0) is 48.0 Å². The van der Waals surface area contributed by atoms with Gasteiger partial charge in [0.15, 0.2) is 16.7 Å². The van der Waals surface area contributed by atoms with Crippen LogP contribution in [0, 0.1) is 5.82 Å². The minimum atomic E-state index is -0.594.